The number of ether oxygens (including phenoxy) is 2. The monoisotopic (exact) mass is 343 g/mol. The van der Waals surface area contributed by atoms with Crippen LogP contribution >= 0.6 is 0 Å². The average molecular weight is 343 g/mol. The van der Waals surface area contributed by atoms with Gasteiger partial charge in [-0.25, -0.2) is 0 Å². The van der Waals surface area contributed by atoms with E-state index in [9.17, 15) is 4.79 Å². The number of carbonyl (C=O) groups excluding carboxylic acids is 1. The predicted octanol–water partition coefficient (Wildman–Crippen LogP) is 1.72. The summed E-state index contributed by atoms with van der Waals surface area (Å²) in [6, 6.07) is 7.52. The van der Waals surface area contributed by atoms with Gasteiger partial charge in [-0.1, -0.05) is 16.4 Å². The molecule has 0 aliphatic carbocycles. The summed E-state index contributed by atoms with van der Waals surface area (Å²) >= 11 is 0. The van der Waals surface area contributed by atoms with Crippen LogP contribution in [0, 0.1) is 6.92 Å². The van der Waals surface area contributed by atoms with Gasteiger partial charge in [-0.2, -0.15) is 0 Å². The van der Waals surface area contributed by atoms with Crippen LogP contribution in [0.1, 0.15) is 23.4 Å². The highest BCUT2D eigenvalue weighted by atomic mass is 16.7. The lowest BCUT2D eigenvalue weighted by Crippen LogP contribution is -2.34. The van der Waals surface area contributed by atoms with Crippen molar-refractivity contribution in [2.24, 2.45) is 5.16 Å². The third-order valence-electron chi connectivity index (χ3n) is 3.98. The molecule has 0 fully saturated rings. The summed E-state index contributed by atoms with van der Waals surface area (Å²) in [7, 11) is 0. The maximum atomic E-state index is 12.2. The van der Waals surface area contributed by atoms with Crippen molar-refractivity contribution in [3.8, 4) is 11.5 Å². The van der Waals surface area contributed by atoms with Gasteiger partial charge in [0.2, 0.25) is 12.9 Å². The first-order chi connectivity index (χ1) is 12.2. The number of aromatic nitrogens is 1. The van der Waals surface area contributed by atoms with E-state index in [2.05, 4.69) is 15.6 Å². The zero-order valence-corrected chi connectivity index (χ0v) is 13.7. The average Bonchev–Trinajstić information content (AvgIpc) is 3.33. The summed E-state index contributed by atoms with van der Waals surface area (Å²) in [5.41, 5.74) is 2.62. The van der Waals surface area contributed by atoms with Gasteiger partial charge in [0.15, 0.2) is 17.3 Å². The smallest absolute Gasteiger partial charge is 0.264 e. The van der Waals surface area contributed by atoms with Crippen molar-refractivity contribution in [3.63, 3.8) is 0 Å². The van der Waals surface area contributed by atoms with Crippen LogP contribution in [-0.4, -0.2) is 29.7 Å². The van der Waals surface area contributed by atoms with E-state index in [0.29, 0.717) is 18.6 Å². The quantitative estimate of drug-likeness (QED) is 0.888. The van der Waals surface area contributed by atoms with Crippen molar-refractivity contribution in [1.82, 2.24) is 10.5 Å². The zero-order chi connectivity index (χ0) is 17.2. The van der Waals surface area contributed by atoms with Gasteiger partial charge in [0.1, 0.15) is 0 Å². The zero-order valence-electron chi connectivity index (χ0n) is 13.7. The van der Waals surface area contributed by atoms with Gasteiger partial charge >= 0.3 is 0 Å². The third-order valence-corrected chi connectivity index (χ3v) is 3.98. The van der Waals surface area contributed by atoms with Crippen molar-refractivity contribution >= 4 is 11.6 Å². The molecule has 2 aliphatic rings. The maximum absolute atomic E-state index is 12.2. The Morgan fingerprint density at radius 1 is 1.28 bits per heavy atom. The highest BCUT2D eigenvalue weighted by Crippen LogP contribution is 2.33. The first-order valence-corrected chi connectivity index (χ1v) is 7.97. The van der Waals surface area contributed by atoms with Crippen molar-refractivity contribution in [3.05, 3.63) is 41.3 Å². The number of carbonyl (C=O) groups is 1. The molecule has 1 aromatic heterocycles. The number of hydrogen-bond acceptors (Lipinski definition) is 7. The summed E-state index contributed by atoms with van der Waals surface area (Å²) in [6.45, 7) is 2.35. The van der Waals surface area contributed by atoms with Crippen molar-refractivity contribution in [2.45, 2.75) is 32.4 Å². The molecule has 1 atom stereocenters. The van der Waals surface area contributed by atoms with Crippen molar-refractivity contribution < 1.29 is 23.6 Å². The second kappa shape index (κ2) is 6.46. The minimum Gasteiger partial charge on any atom is -0.454 e. The van der Waals surface area contributed by atoms with E-state index >= 15 is 0 Å². The fraction of sp³-hybridized carbons (Fsp3) is 0.353. The molecule has 0 saturated carbocycles. The lowest BCUT2D eigenvalue weighted by atomic mass is 10.0. The fourth-order valence-corrected chi connectivity index (χ4v) is 2.75. The Morgan fingerprint density at radius 2 is 2.16 bits per heavy atom. The van der Waals surface area contributed by atoms with Crippen LogP contribution < -0.4 is 14.8 Å². The van der Waals surface area contributed by atoms with E-state index in [-0.39, 0.29) is 19.2 Å². The van der Waals surface area contributed by atoms with E-state index < -0.39 is 6.10 Å². The summed E-state index contributed by atoms with van der Waals surface area (Å²) in [6.07, 6.45) is 0.435. The molecule has 0 bridgehead atoms. The molecule has 4 rings (SSSR count). The third kappa shape index (κ3) is 3.42. The molecule has 25 heavy (non-hydrogen) atoms. The second-order valence-electron chi connectivity index (χ2n) is 5.97. The Balaban J connectivity index is 1.29. The minimum atomic E-state index is -0.618. The molecular formula is C17H17N3O5. The van der Waals surface area contributed by atoms with Crippen LogP contribution in [0.25, 0.3) is 0 Å². The second-order valence-corrected chi connectivity index (χ2v) is 5.97. The molecule has 0 spiro atoms. The van der Waals surface area contributed by atoms with E-state index in [4.69, 9.17) is 18.8 Å². The molecule has 130 valence electrons. The van der Waals surface area contributed by atoms with Crippen LogP contribution in [0.5, 0.6) is 11.5 Å². The number of aryl methyl sites for hydroxylation is 1. The number of fused-ring (bicyclic) bond motifs is 1. The molecule has 1 N–H and O–H groups in total. The molecule has 8 nitrogen and oxygen atoms in total. The first kappa shape index (κ1) is 15.5. The van der Waals surface area contributed by atoms with Gasteiger partial charge in [0.05, 0.1) is 18.0 Å². The summed E-state index contributed by atoms with van der Waals surface area (Å²) < 4.78 is 15.7. The lowest BCUT2D eigenvalue weighted by Gasteiger charge is -2.08. The van der Waals surface area contributed by atoms with Gasteiger partial charge in [0, 0.05) is 18.9 Å². The van der Waals surface area contributed by atoms with Gasteiger partial charge < -0.3 is 24.2 Å². The number of benzene rings is 1. The number of oxime groups is 1. The number of amides is 1. The molecule has 8 heteroatoms. The molecule has 1 aromatic carbocycles. The van der Waals surface area contributed by atoms with Gasteiger partial charge in [-0.15, -0.1) is 0 Å². The molecule has 2 aliphatic heterocycles. The van der Waals surface area contributed by atoms with Gasteiger partial charge in [0.25, 0.3) is 5.91 Å². The standard InChI is InChI=1S/C17H17N3O5/c1-10-4-13(24-19-10)8-18-17(21)16-7-12(20-25-16)5-11-2-3-14-15(6-11)23-9-22-14/h2-4,6,16H,5,7-9H2,1H3,(H,18,21)/t16-/m1/s1. The van der Waals surface area contributed by atoms with E-state index in [1.165, 1.54) is 0 Å². The Labute approximate surface area is 143 Å². The van der Waals surface area contributed by atoms with Crippen molar-refractivity contribution in [1.29, 1.82) is 0 Å². The van der Waals surface area contributed by atoms with Crippen LogP contribution in [0.2, 0.25) is 0 Å². The Kier molecular flexibility index (Phi) is 4.01. The van der Waals surface area contributed by atoms with Gasteiger partial charge in [-0.05, 0) is 24.6 Å². The Morgan fingerprint density at radius 3 is 3.00 bits per heavy atom. The molecule has 0 saturated heterocycles. The fourth-order valence-electron chi connectivity index (χ4n) is 2.75. The Bertz CT molecular complexity index is 829. The lowest BCUT2D eigenvalue weighted by molar-refractivity contribution is -0.131. The van der Waals surface area contributed by atoms with Gasteiger partial charge in [-0.3, -0.25) is 4.79 Å². The van der Waals surface area contributed by atoms with Crippen LogP contribution in [0.15, 0.2) is 33.9 Å². The molecular weight excluding hydrogens is 326 g/mol. The van der Waals surface area contributed by atoms with E-state index in [1.54, 1.807) is 6.07 Å². The topological polar surface area (TPSA) is 95.2 Å². The first-order valence-electron chi connectivity index (χ1n) is 7.97. The number of nitrogens with one attached hydrogen (secondary N) is 1. The Hall–Kier alpha value is -3.03. The molecule has 1 amide bonds. The highest BCUT2D eigenvalue weighted by Gasteiger charge is 2.28. The predicted molar refractivity (Wildman–Crippen MR) is 86.3 cm³/mol. The van der Waals surface area contributed by atoms with E-state index in [0.717, 1.165) is 28.5 Å². The number of nitrogens with zero attached hydrogens (tertiary/aromatic N) is 2. The van der Waals surface area contributed by atoms with E-state index in [1.807, 2.05) is 25.1 Å². The molecule has 3 heterocycles. The summed E-state index contributed by atoms with van der Waals surface area (Å²) in [5.74, 6) is 1.85. The van der Waals surface area contributed by atoms with Crippen LogP contribution in [0.3, 0.4) is 0 Å². The van der Waals surface area contributed by atoms with Crippen LogP contribution in [0.4, 0.5) is 0 Å². The molecule has 0 radical (unpaired) electrons. The highest BCUT2D eigenvalue weighted by molar-refractivity contribution is 5.94. The number of rotatable bonds is 5. The van der Waals surface area contributed by atoms with Crippen LogP contribution in [-0.2, 0) is 22.6 Å². The normalized spacial score (nSPS) is 18.0. The SMILES string of the molecule is Cc1cc(CNC(=O)[C@H]2CC(Cc3ccc4c(c3)OCO4)=NO2)on1. The minimum absolute atomic E-state index is 0.224. The maximum Gasteiger partial charge on any atom is 0.264 e. The van der Waals surface area contributed by atoms with Crippen molar-refractivity contribution in [2.75, 3.05) is 6.79 Å². The molecule has 2 aromatic rings. The number of hydrogen-bond donors (Lipinski definition) is 1. The molecule has 0 unspecified atom stereocenters. The summed E-state index contributed by atoms with van der Waals surface area (Å²) in [4.78, 5) is 17.4. The summed E-state index contributed by atoms with van der Waals surface area (Å²) in [5, 5.41) is 10.6. The largest absolute Gasteiger partial charge is 0.454 e.